The maximum absolute atomic E-state index is 11.6. The zero-order chi connectivity index (χ0) is 11.7. The molecule has 0 bridgehead atoms. The Morgan fingerprint density at radius 3 is 2.88 bits per heavy atom. The molecule has 1 aromatic rings. The highest BCUT2D eigenvalue weighted by Gasteiger charge is 2.36. The van der Waals surface area contributed by atoms with Crippen LogP contribution < -0.4 is 10.6 Å². The van der Waals surface area contributed by atoms with E-state index in [0.29, 0.717) is 24.0 Å². The van der Waals surface area contributed by atoms with Crippen LogP contribution in [0.15, 0.2) is 18.3 Å². The molecule has 2 N–H and O–H groups in total. The van der Waals surface area contributed by atoms with Crippen molar-refractivity contribution in [2.45, 2.75) is 19.9 Å². The van der Waals surface area contributed by atoms with E-state index in [4.69, 9.17) is 10.5 Å². The molecule has 1 aromatic heterocycles. The Bertz CT molecular complexity index is 389. The monoisotopic (exact) mass is 221 g/mol. The third-order valence-electron chi connectivity index (χ3n) is 2.69. The number of nitrogen functional groups attached to an aromatic ring is 1. The number of aromatic nitrogens is 1. The number of ether oxygens (including phenoxy) is 1. The molecule has 1 atom stereocenters. The van der Waals surface area contributed by atoms with Crippen molar-refractivity contribution in [1.29, 1.82) is 0 Å². The first kappa shape index (κ1) is 10.7. The fourth-order valence-electron chi connectivity index (χ4n) is 1.73. The van der Waals surface area contributed by atoms with E-state index in [-0.39, 0.29) is 12.1 Å². The fraction of sp³-hybridized carbons (Fsp3) is 0.455. The topological polar surface area (TPSA) is 68.5 Å². The molecular formula is C11H15N3O2. The number of hydrogen-bond acceptors (Lipinski definition) is 4. The lowest BCUT2D eigenvalue weighted by Crippen LogP contribution is -2.37. The van der Waals surface area contributed by atoms with Crippen molar-refractivity contribution in [3.63, 3.8) is 0 Å². The summed E-state index contributed by atoms with van der Waals surface area (Å²) in [5.74, 6) is 0.918. The number of carbonyl (C=O) groups is 1. The number of hydrogen-bond donors (Lipinski definition) is 1. The molecule has 16 heavy (non-hydrogen) atoms. The number of pyridine rings is 1. The molecule has 1 unspecified atom stereocenters. The Morgan fingerprint density at radius 1 is 1.56 bits per heavy atom. The number of carbonyl (C=O) groups excluding carboxylic acids is 1. The van der Waals surface area contributed by atoms with E-state index in [2.05, 4.69) is 18.8 Å². The Labute approximate surface area is 94.2 Å². The van der Waals surface area contributed by atoms with Crippen LogP contribution in [0, 0.1) is 5.92 Å². The van der Waals surface area contributed by atoms with Gasteiger partial charge >= 0.3 is 6.09 Å². The van der Waals surface area contributed by atoms with Gasteiger partial charge in [-0.3, -0.25) is 4.90 Å². The van der Waals surface area contributed by atoms with Crippen LogP contribution >= 0.6 is 0 Å². The van der Waals surface area contributed by atoms with E-state index in [1.807, 2.05) is 0 Å². The normalized spacial score (nSPS) is 20.3. The minimum absolute atomic E-state index is 0.0450. The maximum Gasteiger partial charge on any atom is 0.415 e. The van der Waals surface area contributed by atoms with Crippen molar-refractivity contribution < 1.29 is 9.53 Å². The van der Waals surface area contributed by atoms with Crippen LogP contribution in [0.25, 0.3) is 0 Å². The van der Waals surface area contributed by atoms with Gasteiger partial charge in [0.05, 0.1) is 17.9 Å². The Balaban J connectivity index is 2.30. The zero-order valence-electron chi connectivity index (χ0n) is 9.38. The number of nitrogens with zero attached hydrogens (tertiary/aromatic N) is 2. The van der Waals surface area contributed by atoms with Gasteiger partial charge in [-0.15, -0.1) is 0 Å². The molecule has 0 aliphatic carbocycles. The van der Waals surface area contributed by atoms with Crippen molar-refractivity contribution in [1.82, 2.24) is 4.98 Å². The van der Waals surface area contributed by atoms with Gasteiger partial charge in [-0.2, -0.15) is 0 Å². The van der Waals surface area contributed by atoms with Crippen LogP contribution in [0.2, 0.25) is 0 Å². The van der Waals surface area contributed by atoms with Gasteiger partial charge in [0.15, 0.2) is 0 Å². The molecule has 86 valence electrons. The van der Waals surface area contributed by atoms with Crippen molar-refractivity contribution in [3.05, 3.63) is 18.3 Å². The predicted molar refractivity (Wildman–Crippen MR) is 61.1 cm³/mol. The second kappa shape index (κ2) is 4.00. The summed E-state index contributed by atoms with van der Waals surface area (Å²) < 4.78 is 5.04. The molecular weight excluding hydrogens is 206 g/mol. The number of nitrogens with two attached hydrogens (primary N) is 1. The van der Waals surface area contributed by atoms with Crippen LogP contribution in [-0.2, 0) is 4.74 Å². The second-order valence-electron chi connectivity index (χ2n) is 4.21. The van der Waals surface area contributed by atoms with E-state index in [1.54, 1.807) is 23.2 Å². The molecule has 5 nitrogen and oxygen atoms in total. The van der Waals surface area contributed by atoms with Crippen molar-refractivity contribution >= 4 is 17.6 Å². The number of rotatable bonds is 2. The molecule has 1 fully saturated rings. The van der Waals surface area contributed by atoms with Crippen molar-refractivity contribution in [3.8, 4) is 0 Å². The van der Waals surface area contributed by atoms with Crippen LogP contribution in [0.1, 0.15) is 13.8 Å². The van der Waals surface area contributed by atoms with E-state index in [0.717, 1.165) is 0 Å². The lowest BCUT2D eigenvalue weighted by molar-refractivity contribution is 0.177. The summed E-state index contributed by atoms with van der Waals surface area (Å²) in [4.78, 5) is 17.3. The molecule has 5 heteroatoms. The number of anilines is 2. The highest BCUT2D eigenvalue weighted by Crippen LogP contribution is 2.25. The molecule has 1 saturated heterocycles. The van der Waals surface area contributed by atoms with Crippen LogP contribution in [0.4, 0.5) is 16.3 Å². The van der Waals surface area contributed by atoms with E-state index >= 15 is 0 Å². The lowest BCUT2D eigenvalue weighted by atomic mass is 10.0. The third-order valence-corrected chi connectivity index (χ3v) is 2.69. The second-order valence-corrected chi connectivity index (χ2v) is 4.21. The maximum atomic E-state index is 11.6. The summed E-state index contributed by atoms with van der Waals surface area (Å²) in [6.07, 6.45) is 1.20. The van der Waals surface area contributed by atoms with Gasteiger partial charge in [0.1, 0.15) is 12.4 Å². The molecule has 0 aromatic carbocycles. The van der Waals surface area contributed by atoms with Gasteiger partial charge in [-0.05, 0) is 18.1 Å². The average Bonchev–Trinajstić information content (AvgIpc) is 2.62. The van der Waals surface area contributed by atoms with Crippen molar-refractivity contribution in [2.75, 3.05) is 17.2 Å². The highest BCUT2D eigenvalue weighted by atomic mass is 16.6. The SMILES string of the molecule is CC(C)C1COC(=O)N1c1ccc(N)cn1. The lowest BCUT2D eigenvalue weighted by Gasteiger charge is -2.23. The standard InChI is InChI=1S/C11H15N3O2/c1-7(2)9-6-16-11(15)14(9)10-4-3-8(12)5-13-10/h3-5,7,9H,6,12H2,1-2H3. The van der Waals surface area contributed by atoms with Gasteiger partial charge < -0.3 is 10.5 Å². The zero-order valence-corrected chi connectivity index (χ0v) is 9.38. The summed E-state index contributed by atoms with van der Waals surface area (Å²) in [7, 11) is 0. The minimum atomic E-state index is -0.337. The predicted octanol–water partition coefficient (Wildman–Crippen LogP) is 1.64. The first-order valence-corrected chi connectivity index (χ1v) is 5.27. The Hall–Kier alpha value is -1.78. The van der Waals surface area contributed by atoms with E-state index in [9.17, 15) is 4.79 Å². The van der Waals surface area contributed by atoms with Gasteiger partial charge in [0, 0.05) is 0 Å². The average molecular weight is 221 g/mol. The van der Waals surface area contributed by atoms with Crippen molar-refractivity contribution in [2.24, 2.45) is 5.92 Å². The first-order chi connectivity index (χ1) is 7.59. The van der Waals surface area contributed by atoms with Crippen LogP contribution in [0.3, 0.4) is 0 Å². The van der Waals surface area contributed by atoms with Crippen LogP contribution in [-0.4, -0.2) is 23.7 Å². The third kappa shape index (κ3) is 1.80. The Kier molecular flexibility index (Phi) is 2.68. The summed E-state index contributed by atoms with van der Waals surface area (Å²) in [5.41, 5.74) is 6.14. The fourth-order valence-corrected chi connectivity index (χ4v) is 1.73. The van der Waals surface area contributed by atoms with E-state index < -0.39 is 0 Å². The molecule has 2 heterocycles. The molecule has 1 aliphatic heterocycles. The smallest absolute Gasteiger partial charge is 0.415 e. The van der Waals surface area contributed by atoms with Gasteiger partial charge in [-0.25, -0.2) is 9.78 Å². The summed E-state index contributed by atoms with van der Waals surface area (Å²) >= 11 is 0. The highest BCUT2D eigenvalue weighted by molar-refractivity contribution is 5.89. The van der Waals surface area contributed by atoms with Crippen LogP contribution in [0.5, 0.6) is 0 Å². The number of cyclic esters (lactones) is 1. The van der Waals surface area contributed by atoms with Gasteiger partial charge in [0.25, 0.3) is 0 Å². The molecule has 0 saturated carbocycles. The quantitative estimate of drug-likeness (QED) is 0.824. The van der Waals surface area contributed by atoms with Gasteiger partial charge in [-0.1, -0.05) is 13.8 Å². The van der Waals surface area contributed by atoms with E-state index in [1.165, 1.54) is 0 Å². The van der Waals surface area contributed by atoms with Gasteiger partial charge in [0.2, 0.25) is 0 Å². The summed E-state index contributed by atoms with van der Waals surface area (Å²) in [6, 6.07) is 3.51. The first-order valence-electron chi connectivity index (χ1n) is 5.27. The molecule has 2 rings (SSSR count). The molecule has 0 radical (unpaired) electrons. The summed E-state index contributed by atoms with van der Waals surface area (Å²) in [5, 5.41) is 0. The molecule has 1 aliphatic rings. The minimum Gasteiger partial charge on any atom is -0.447 e. The Morgan fingerprint density at radius 2 is 2.31 bits per heavy atom. The molecule has 0 spiro atoms. The summed E-state index contributed by atoms with van der Waals surface area (Å²) in [6.45, 7) is 4.52. The molecule has 1 amide bonds. The largest absolute Gasteiger partial charge is 0.447 e. The number of amides is 1.